The van der Waals surface area contributed by atoms with Crippen LogP contribution in [0, 0.1) is 6.92 Å². The third-order valence-corrected chi connectivity index (χ3v) is 6.70. The maximum absolute atomic E-state index is 12.9. The summed E-state index contributed by atoms with van der Waals surface area (Å²) in [6, 6.07) is 13.2. The lowest BCUT2D eigenvalue weighted by Crippen LogP contribution is -2.43. The minimum absolute atomic E-state index is 0.224. The Morgan fingerprint density at radius 1 is 1.12 bits per heavy atom. The van der Waals surface area contributed by atoms with Crippen LogP contribution < -0.4 is 5.32 Å². The summed E-state index contributed by atoms with van der Waals surface area (Å²) in [5.74, 6) is -0.296. The van der Waals surface area contributed by atoms with E-state index in [1.54, 1.807) is 36.4 Å². The number of nitrogens with zero attached hydrogens (tertiary/aromatic N) is 1. The van der Waals surface area contributed by atoms with Crippen molar-refractivity contribution >= 4 is 37.5 Å². The van der Waals surface area contributed by atoms with Gasteiger partial charge >= 0.3 is 0 Å². The Balaban J connectivity index is 1.80. The van der Waals surface area contributed by atoms with Gasteiger partial charge in [0.15, 0.2) is 0 Å². The molecule has 7 heteroatoms. The number of carbonyl (C=O) groups is 1. The van der Waals surface area contributed by atoms with Crippen LogP contribution in [-0.4, -0.2) is 31.2 Å². The first-order valence-electron chi connectivity index (χ1n) is 8.03. The fourth-order valence-electron chi connectivity index (χ4n) is 2.89. The van der Waals surface area contributed by atoms with E-state index in [1.165, 1.54) is 4.31 Å². The fraction of sp³-hybridized carbons (Fsp3) is 0.278. The molecular weight excluding hydrogens is 404 g/mol. The number of anilines is 1. The number of hydrogen-bond donors (Lipinski definition) is 1. The molecule has 0 aliphatic carbocycles. The molecule has 5 nitrogen and oxygen atoms in total. The molecule has 3 rings (SSSR count). The van der Waals surface area contributed by atoms with E-state index in [2.05, 4.69) is 21.2 Å². The van der Waals surface area contributed by atoms with E-state index in [9.17, 15) is 13.2 Å². The van der Waals surface area contributed by atoms with Crippen LogP contribution in [0.5, 0.6) is 0 Å². The van der Waals surface area contributed by atoms with Gasteiger partial charge in [-0.3, -0.25) is 4.79 Å². The third-order valence-electron chi connectivity index (χ3n) is 4.25. The summed E-state index contributed by atoms with van der Waals surface area (Å²) >= 11 is 3.34. The Hall–Kier alpha value is -1.70. The highest BCUT2D eigenvalue weighted by atomic mass is 79.9. The number of hydrogen-bond acceptors (Lipinski definition) is 3. The fourth-order valence-corrected chi connectivity index (χ4v) is 4.82. The molecule has 0 aromatic heterocycles. The van der Waals surface area contributed by atoms with Gasteiger partial charge in [-0.25, -0.2) is 8.42 Å². The molecule has 0 saturated carbocycles. The van der Waals surface area contributed by atoms with Gasteiger partial charge in [-0.1, -0.05) is 33.6 Å². The van der Waals surface area contributed by atoms with E-state index in [-0.39, 0.29) is 10.8 Å². The van der Waals surface area contributed by atoms with Gasteiger partial charge in [-0.05, 0) is 56.2 Å². The molecule has 0 unspecified atom stereocenters. The average molecular weight is 423 g/mol. The lowest BCUT2D eigenvalue weighted by atomic mass is 10.2. The van der Waals surface area contributed by atoms with Gasteiger partial charge in [0.05, 0.1) is 4.90 Å². The normalized spacial score (nSPS) is 18.2. The molecule has 1 aliphatic rings. The van der Waals surface area contributed by atoms with Crippen molar-refractivity contribution in [3.8, 4) is 0 Å². The average Bonchev–Trinajstić information content (AvgIpc) is 3.08. The first-order valence-corrected chi connectivity index (χ1v) is 10.3. The van der Waals surface area contributed by atoms with E-state index in [4.69, 9.17) is 0 Å². The summed E-state index contributed by atoms with van der Waals surface area (Å²) in [5.41, 5.74) is 1.64. The van der Waals surface area contributed by atoms with Gasteiger partial charge in [0, 0.05) is 16.7 Å². The lowest BCUT2D eigenvalue weighted by Gasteiger charge is -2.23. The van der Waals surface area contributed by atoms with Crippen molar-refractivity contribution in [2.75, 3.05) is 11.9 Å². The van der Waals surface area contributed by atoms with Crippen LogP contribution in [0.15, 0.2) is 57.9 Å². The second-order valence-electron chi connectivity index (χ2n) is 6.08. The van der Waals surface area contributed by atoms with Crippen LogP contribution in [0.1, 0.15) is 18.4 Å². The molecule has 25 heavy (non-hydrogen) atoms. The smallest absolute Gasteiger partial charge is 0.243 e. The molecule has 2 aromatic carbocycles. The van der Waals surface area contributed by atoms with E-state index in [0.717, 1.165) is 10.0 Å². The number of rotatable bonds is 4. The van der Waals surface area contributed by atoms with E-state index in [1.807, 2.05) is 19.1 Å². The van der Waals surface area contributed by atoms with E-state index in [0.29, 0.717) is 25.1 Å². The largest absolute Gasteiger partial charge is 0.325 e. The SMILES string of the molecule is Cc1ccc(S(=O)(=O)N2CCC[C@@H]2C(=O)Nc2ccc(Br)cc2)cc1. The van der Waals surface area contributed by atoms with Crippen LogP contribution in [0.2, 0.25) is 0 Å². The highest BCUT2D eigenvalue weighted by Gasteiger charge is 2.39. The number of carbonyl (C=O) groups excluding carboxylic acids is 1. The molecule has 1 amide bonds. The molecule has 0 radical (unpaired) electrons. The standard InChI is InChI=1S/C18H19BrN2O3S/c1-13-4-10-16(11-5-13)25(23,24)21-12-2-3-17(21)18(22)20-15-8-6-14(19)7-9-15/h4-11,17H,2-3,12H2,1H3,(H,20,22)/t17-/m1/s1. The van der Waals surface area contributed by atoms with Crippen molar-refractivity contribution in [2.45, 2.75) is 30.7 Å². The topological polar surface area (TPSA) is 66.5 Å². The Kier molecular flexibility index (Phi) is 5.27. The van der Waals surface area contributed by atoms with Crippen molar-refractivity contribution < 1.29 is 13.2 Å². The van der Waals surface area contributed by atoms with Gasteiger partial charge in [-0.2, -0.15) is 4.31 Å². The maximum atomic E-state index is 12.9. The lowest BCUT2D eigenvalue weighted by molar-refractivity contribution is -0.119. The molecule has 1 heterocycles. The minimum Gasteiger partial charge on any atom is -0.325 e. The zero-order chi connectivity index (χ0) is 18.0. The van der Waals surface area contributed by atoms with Crippen molar-refractivity contribution in [1.82, 2.24) is 4.31 Å². The predicted molar refractivity (Wildman–Crippen MR) is 101 cm³/mol. The highest BCUT2D eigenvalue weighted by molar-refractivity contribution is 9.10. The van der Waals surface area contributed by atoms with Gasteiger partial charge in [-0.15, -0.1) is 0 Å². The minimum atomic E-state index is -3.68. The number of halogens is 1. The Morgan fingerprint density at radius 3 is 2.40 bits per heavy atom. The first-order chi connectivity index (χ1) is 11.9. The zero-order valence-corrected chi connectivity index (χ0v) is 16.2. The van der Waals surface area contributed by atoms with E-state index >= 15 is 0 Å². The molecule has 1 saturated heterocycles. The van der Waals surface area contributed by atoms with Gasteiger partial charge in [0.25, 0.3) is 0 Å². The Morgan fingerprint density at radius 2 is 1.76 bits per heavy atom. The molecule has 1 N–H and O–H groups in total. The highest BCUT2D eigenvalue weighted by Crippen LogP contribution is 2.27. The monoisotopic (exact) mass is 422 g/mol. The number of nitrogens with one attached hydrogen (secondary N) is 1. The Bertz CT molecular complexity index is 864. The van der Waals surface area contributed by atoms with Crippen LogP contribution in [-0.2, 0) is 14.8 Å². The first kappa shape index (κ1) is 18.1. The van der Waals surface area contributed by atoms with Crippen molar-refractivity contribution in [3.05, 3.63) is 58.6 Å². The summed E-state index contributed by atoms with van der Waals surface area (Å²) in [6.45, 7) is 2.26. The molecular formula is C18H19BrN2O3S. The predicted octanol–water partition coefficient (Wildman–Crippen LogP) is 3.55. The maximum Gasteiger partial charge on any atom is 0.243 e. The van der Waals surface area contributed by atoms with Crippen molar-refractivity contribution in [1.29, 1.82) is 0 Å². The molecule has 1 aliphatic heterocycles. The zero-order valence-electron chi connectivity index (χ0n) is 13.8. The summed E-state index contributed by atoms with van der Waals surface area (Å²) in [5, 5.41) is 2.81. The summed E-state index contributed by atoms with van der Waals surface area (Å²) in [4.78, 5) is 12.8. The third kappa shape index (κ3) is 3.94. The number of sulfonamides is 1. The van der Waals surface area contributed by atoms with Crippen molar-refractivity contribution in [2.24, 2.45) is 0 Å². The quantitative estimate of drug-likeness (QED) is 0.818. The Labute approximate surface area is 156 Å². The molecule has 1 fully saturated rings. The summed E-state index contributed by atoms with van der Waals surface area (Å²) in [6.07, 6.45) is 1.19. The van der Waals surface area contributed by atoms with Gasteiger partial charge in [0.2, 0.25) is 15.9 Å². The van der Waals surface area contributed by atoms with Crippen LogP contribution in [0.25, 0.3) is 0 Å². The van der Waals surface area contributed by atoms with Crippen molar-refractivity contribution in [3.63, 3.8) is 0 Å². The van der Waals surface area contributed by atoms with Gasteiger partial charge in [0.1, 0.15) is 6.04 Å². The molecule has 132 valence electrons. The van der Waals surface area contributed by atoms with E-state index < -0.39 is 16.1 Å². The summed E-state index contributed by atoms with van der Waals surface area (Å²) < 4.78 is 28.0. The number of aryl methyl sites for hydroxylation is 1. The summed E-state index contributed by atoms with van der Waals surface area (Å²) in [7, 11) is -3.68. The number of benzene rings is 2. The molecule has 0 bridgehead atoms. The van der Waals surface area contributed by atoms with Crippen LogP contribution in [0.3, 0.4) is 0 Å². The van der Waals surface area contributed by atoms with Crippen LogP contribution >= 0.6 is 15.9 Å². The molecule has 0 spiro atoms. The van der Waals surface area contributed by atoms with Crippen LogP contribution in [0.4, 0.5) is 5.69 Å². The van der Waals surface area contributed by atoms with Gasteiger partial charge < -0.3 is 5.32 Å². The second kappa shape index (κ2) is 7.27. The molecule has 2 aromatic rings. The number of amides is 1. The molecule has 1 atom stereocenters. The second-order valence-corrected chi connectivity index (χ2v) is 8.89.